The molecule has 2 N–H and O–H groups in total. The first kappa shape index (κ1) is 17.7. The maximum Gasteiger partial charge on any atom is 0.208 e. The third-order valence-electron chi connectivity index (χ3n) is 4.27. The molecule has 0 bridgehead atoms. The van der Waals surface area contributed by atoms with Crippen LogP contribution >= 0.6 is 0 Å². The number of hydrogen-bond acceptors (Lipinski definition) is 3. The highest BCUT2D eigenvalue weighted by atomic mass is 32.2. The molecule has 25 heavy (non-hydrogen) atoms. The van der Waals surface area contributed by atoms with Crippen LogP contribution in [0.3, 0.4) is 0 Å². The Kier molecular flexibility index (Phi) is 5.25. The van der Waals surface area contributed by atoms with Crippen molar-refractivity contribution in [2.45, 2.75) is 42.5 Å². The smallest absolute Gasteiger partial charge is 0.208 e. The van der Waals surface area contributed by atoms with Gasteiger partial charge in [-0.25, -0.2) is 8.42 Å². The minimum absolute atomic E-state index is 0.326. The lowest BCUT2D eigenvalue weighted by Crippen LogP contribution is -2.23. The van der Waals surface area contributed by atoms with E-state index >= 15 is 0 Å². The van der Waals surface area contributed by atoms with Gasteiger partial charge in [0.2, 0.25) is 9.84 Å². The minimum atomic E-state index is -3.54. The molecule has 0 aliphatic rings. The number of fused-ring (bicyclic) bond motifs is 1. The molecule has 2 aromatic carbocycles. The second kappa shape index (κ2) is 7.42. The van der Waals surface area contributed by atoms with Crippen LogP contribution in [-0.2, 0) is 16.3 Å². The Morgan fingerprint density at radius 2 is 1.80 bits per heavy atom. The molecule has 0 radical (unpaired) electrons. The van der Waals surface area contributed by atoms with Crippen LogP contribution in [0.2, 0.25) is 0 Å². The number of benzene rings is 2. The van der Waals surface area contributed by atoms with Gasteiger partial charge in [0.05, 0.1) is 9.79 Å². The van der Waals surface area contributed by atoms with E-state index in [-0.39, 0.29) is 0 Å². The third-order valence-corrected chi connectivity index (χ3v) is 6.07. The van der Waals surface area contributed by atoms with Crippen molar-refractivity contribution in [1.29, 1.82) is 0 Å². The molecule has 0 saturated heterocycles. The molecule has 5 heteroatoms. The van der Waals surface area contributed by atoms with Crippen molar-refractivity contribution in [1.82, 2.24) is 10.3 Å². The van der Waals surface area contributed by atoms with Crippen LogP contribution < -0.4 is 5.32 Å². The molecule has 0 amide bonds. The molecule has 1 heterocycles. The van der Waals surface area contributed by atoms with E-state index in [2.05, 4.69) is 24.1 Å². The molecule has 0 unspecified atom stereocenters. The number of H-pyrrole nitrogens is 1. The largest absolute Gasteiger partial charge is 0.360 e. The van der Waals surface area contributed by atoms with Gasteiger partial charge in [0.15, 0.2) is 0 Å². The summed E-state index contributed by atoms with van der Waals surface area (Å²) in [6.45, 7) is 5.16. The fourth-order valence-corrected chi connectivity index (χ4v) is 4.54. The molecule has 132 valence electrons. The van der Waals surface area contributed by atoms with Gasteiger partial charge in [-0.05, 0) is 43.1 Å². The first-order chi connectivity index (χ1) is 12.0. The standard InChI is InChI=1S/C20H24N2O2S/c1-15(2)21-13-7-9-16-8-6-12-18-20(16)19(14-22-18)25(23,24)17-10-4-3-5-11-17/h3-6,8,10-12,14-15,21-22H,7,9,13H2,1-2H3. The summed E-state index contributed by atoms with van der Waals surface area (Å²) in [6.07, 6.45) is 3.42. The zero-order valence-electron chi connectivity index (χ0n) is 14.6. The van der Waals surface area contributed by atoms with Crippen molar-refractivity contribution in [2.24, 2.45) is 0 Å². The molecule has 1 aromatic heterocycles. The van der Waals surface area contributed by atoms with E-state index in [0.29, 0.717) is 15.8 Å². The third kappa shape index (κ3) is 3.78. The van der Waals surface area contributed by atoms with E-state index in [1.54, 1.807) is 30.5 Å². The lowest BCUT2D eigenvalue weighted by molar-refractivity contribution is 0.571. The molecule has 0 saturated carbocycles. The van der Waals surface area contributed by atoms with Crippen LogP contribution in [0.1, 0.15) is 25.8 Å². The average molecular weight is 356 g/mol. The SMILES string of the molecule is CC(C)NCCCc1cccc2[nH]cc(S(=O)(=O)c3ccccc3)c12. The lowest BCUT2D eigenvalue weighted by Gasteiger charge is -2.10. The average Bonchev–Trinajstić information content (AvgIpc) is 3.05. The van der Waals surface area contributed by atoms with Crippen molar-refractivity contribution >= 4 is 20.7 Å². The zero-order valence-corrected chi connectivity index (χ0v) is 15.4. The van der Waals surface area contributed by atoms with E-state index < -0.39 is 9.84 Å². The number of rotatable bonds is 7. The van der Waals surface area contributed by atoms with Crippen molar-refractivity contribution in [3.05, 3.63) is 60.3 Å². The second-order valence-electron chi connectivity index (χ2n) is 6.52. The maximum atomic E-state index is 13.0. The zero-order chi connectivity index (χ0) is 17.9. The Labute approximate surface area is 149 Å². The summed E-state index contributed by atoms with van der Waals surface area (Å²) in [7, 11) is -3.54. The molecule has 0 aliphatic heterocycles. The lowest BCUT2D eigenvalue weighted by atomic mass is 10.1. The summed E-state index contributed by atoms with van der Waals surface area (Å²) < 4.78 is 26.1. The minimum Gasteiger partial charge on any atom is -0.360 e. The topological polar surface area (TPSA) is 62.0 Å². The van der Waals surface area contributed by atoms with E-state index in [9.17, 15) is 8.42 Å². The maximum absolute atomic E-state index is 13.0. The van der Waals surface area contributed by atoms with Crippen molar-refractivity contribution < 1.29 is 8.42 Å². The van der Waals surface area contributed by atoms with Crippen LogP contribution in [0.5, 0.6) is 0 Å². The fourth-order valence-electron chi connectivity index (χ4n) is 3.04. The van der Waals surface area contributed by atoms with Gasteiger partial charge < -0.3 is 10.3 Å². The van der Waals surface area contributed by atoms with E-state index in [1.807, 2.05) is 24.3 Å². The predicted octanol–water partition coefficient (Wildman–Crippen LogP) is 3.93. The number of aromatic nitrogens is 1. The normalized spacial score (nSPS) is 12.1. The molecule has 0 fully saturated rings. The van der Waals surface area contributed by atoms with Crippen LogP contribution in [0.25, 0.3) is 10.9 Å². The molecular weight excluding hydrogens is 332 g/mol. The number of aryl methyl sites for hydroxylation is 1. The Balaban J connectivity index is 1.97. The number of sulfone groups is 1. The summed E-state index contributed by atoms with van der Waals surface area (Å²) >= 11 is 0. The Bertz CT molecular complexity index is 944. The van der Waals surface area contributed by atoms with Gasteiger partial charge >= 0.3 is 0 Å². The summed E-state index contributed by atoms with van der Waals surface area (Å²) in [6, 6.07) is 15.0. The number of nitrogens with one attached hydrogen (secondary N) is 2. The Morgan fingerprint density at radius 1 is 1.04 bits per heavy atom. The van der Waals surface area contributed by atoms with Gasteiger partial charge in [0, 0.05) is 23.1 Å². The highest BCUT2D eigenvalue weighted by Crippen LogP contribution is 2.31. The molecule has 3 aromatic rings. The first-order valence-electron chi connectivity index (χ1n) is 8.62. The monoisotopic (exact) mass is 356 g/mol. The van der Waals surface area contributed by atoms with Gasteiger partial charge in [0.1, 0.15) is 0 Å². The van der Waals surface area contributed by atoms with Gasteiger partial charge in [-0.15, -0.1) is 0 Å². The summed E-state index contributed by atoms with van der Waals surface area (Å²) in [5.41, 5.74) is 1.93. The molecule has 0 spiro atoms. The number of aromatic amines is 1. The predicted molar refractivity (Wildman–Crippen MR) is 102 cm³/mol. The van der Waals surface area contributed by atoms with Crippen molar-refractivity contribution in [2.75, 3.05) is 6.54 Å². The fraction of sp³-hybridized carbons (Fsp3) is 0.300. The van der Waals surface area contributed by atoms with Gasteiger partial charge in [-0.1, -0.05) is 44.2 Å². The van der Waals surface area contributed by atoms with Gasteiger partial charge in [0.25, 0.3) is 0 Å². The Morgan fingerprint density at radius 3 is 2.52 bits per heavy atom. The molecule has 3 rings (SSSR count). The summed E-state index contributed by atoms with van der Waals surface area (Å²) in [5.74, 6) is 0. The molecule has 0 aliphatic carbocycles. The van der Waals surface area contributed by atoms with Crippen LogP contribution in [0.15, 0.2) is 64.5 Å². The molecule has 0 atom stereocenters. The quantitative estimate of drug-likeness (QED) is 0.631. The van der Waals surface area contributed by atoms with Gasteiger partial charge in [-0.2, -0.15) is 0 Å². The summed E-state index contributed by atoms with van der Waals surface area (Å²) in [5, 5.41) is 4.22. The van der Waals surface area contributed by atoms with E-state index in [0.717, 1.165) is 35.9 Å². The van der Waals surface area contributed by atoms with Crippen molar-refractivity contribution in [3.8, 4) is 0 Å². The first-order valence-corrected chi connectivity index (χ1v) is 10.1. The van der Waals surface area contributed by atoms with Crippen LogP contribution in [-0.4, -0.2) is 26.0 Å². The van der Waals surface area contributed by atoms with Gasteiger partial charge in [-0.3, -0.25) is 0 Å². The highest BCUT2D eigenvalue weighted by molar-refractivity contribution is 7.91. The van der Waals surface area contributed by atoms with Crippen LogP contribution in [0.4, 0.5) is 0 Å². The second-order valence-corrected chi connectivity index (χ2v) is 8.44. The van der Waals surface area contributed by atoms with E-state index in [1.165, 1.54) is 0 Å². The molecular formula is C20H24N2O2S. The number of hydrogen-bond donors (Lipinski definition) is 2. The Hall–Kier alpha value is -2.11. The van der Waals surface area contributed by atoms with Crippen molar-refractivity contribution in [3.63, 3.8) is 0 Å². The highest BCUT2D eigenvalue weighted by Gasteiger charge is 2.22. The van der Waals surface area contributed by atoms with E-state index in [4.69, 9.17) is 0 Å². The van der Waals surface area contributed by atoms with Crippen LogP contribution in [0, 0.1) is 0 Å². The summed E-state index contributed by atoms with van der Waals surface area (Å²) in [4.78, 5) is 3.81. The molecule has 4 nitrogen and oxygen atoms in total.